The molecule has 0 aromatic heterocycles. The number of esters is 4. The van der Waals surface area contributed by atoms with Crippen LogP contribution in [0.2, 0.25) is 0 Å². The van der Waals surface area contributed by atoms with Crippen molar-refractivity contribution in [2.24, 2.45) is 17.8 Å². The molecular weight excluding hydrogens is 1510 g/mol. The first-order chi connectivity index (χ1) is 56.8. The third-order valence-electron chi connectivity index (χ3n) is 23.9. The van der Waals surface area contributed by atoms with E-state index in [2.05, 4.69) is 48.5 Å². The van der Waals surface area contributed by atoms with Crippen molar-refractivity contribution in [2.75, 3.05) is 39.6 Å². The summed E-state index contributed by atoms with van der Waals surface area (Å²) in [5.74, 6) is 0.397. The SMILES string of the molecule is CCCCCCCCCCCCCCCCCCCCCCCC(=O)O[C@H](COC(=O)CCCCCCCCCCCC(C)C)COP(=O)(O)OC[C@H](O)COP(=O)(O)OC[C@@H](COC(=O)CCCCCCCCCCCCCCCCCCCCC(C)CC)OC(=O)CCCCCCCCCCCCCCCCCCCCC(C)CC. The molecule has 0 aliphatic carbocycles. The molecule has 0 radical (unpaired) electrons. The summed E-state index contributed by atoms with van der Waals surface area (Å²) in [7, 11) is -9.95. The van der Waals surface area contributed by atoms with E-state index in [1.165, 1.54) is 340 Å². The number of carbonyl (C=O) groups excluding carboxylic acids is 4. The summed E-state index contributed by atoms with van der Waals surface area (Å²) in [5, 5.41) is 10.7. The Morgan fingerprint density at radius 2 is 0.436 bits per heavy atom. The van der Waals surface area contributed by atoms with E-state index < -0.39 is 97.5 Å². The fourth-order valence-corrected chi connectivity index (χ4v) is 17.0. The predicted molar refractivity (Wildman–Crippen MR) is 488 cm³/mol. The van der Waals surface area contributed by atoms with Gasteiger partial charge in [0.1, 0.15) is 19.3 Å². The highest BCUT2D eigenvalue weighted by Crippen LogP contribution is 2.45. The minimum Gasteiger partial charge on any atom is -0.462 e. The van der Waals surface area contributed by atoms with Crippen molar-refractivity contribution in [3.63, 3.8) is 0 Å². The highest BCUT2D eigenvalue weighted by atomic mass is 31.2. The fraction of sp³-hybridized carbons (Fsp3) is 0.959. The van der Waals surface area contributed by atoms with Gasteiger partial charge in [-0.2, -0.15) is 0 Å². The Morgan fingerprint density at radius 3 is 0.650 bits per heavy atom. The average Bonchev–Trinajstić information content (AvgIpc) is 0.900. The number of aliphatic hydroxyl groups excluding tert-OH is 1. The van der Waals surface area contributed by atoms with Crippen LogP contribution in [0.3, 0.4) is 0 Å². The molecule has 0 aliphatic rings. The summed E-state index contributed by atoms with van der Waals surface area (Å²) < 4.78 is 69.3. The van der Waals surface area contributed by atoms with E-state index in [0.717, 1.165) is 108 Å². The second-order valence-corrected chi connectivity index (χ2v) is 39.0. The maximum atomic E-state index is 13.2. The van der Waals surface area contributed by atoms with Crippen molar-refractivity contribution in [1.29, 1.82) is 0 Å². The van der Waals surface area contributed by atoms with Crippen LogP contribution in [0.15, 0.2) is 0 Å². The van der Waals surface area contributed by atoms with E-state index in [4.69, 9.17) is 37.0 Å². The maximum Gasteiger partial charge on any atom is 0.472 e. The molecule has 0 fully saturated rings. The topological polar surface area (TPSA) is 237 Å². The molecule has 4 unspecified atom stereocenters. The first-order valence-corrected chi connectivity index (χ1v) is 53.4. The Bertz CT molecular complexity index is 2240. The van der Waals surface area contributed by atoms with Gasteiger partial charge >= 0.3 is 39.5 Å². The first kappa shape index (κ1) is 115. The predicted octanol–water partition coefficient (Wildman–Crippen LogP) is 30.8. The normalized spacial score (nSPS) is 14.1. The van der Waals surface area contributed by atoms with Crippen LogP contribution < -0.4 is 0 Å². The van der Waals surface area contributed by atoms with Crippen LogP contribution in [0, 0.1) is 17.8 Å². The van der Waals surface area contributed by atoms with Gasteiger partial charge in [-0.25, -0.2) is 9.13 Å². The van der Waals surface area contributed by atoms with E-state index in [9.17, 15) is 43.2 Å². The lowest BCUT2D eigenvalue weighted by Crippen LogP contribution is -2.30. The minimum atomic E-state index is -4.97. The van der Waals surface area contributed by atoms with Crippen LogP contribution >= 0.6 is 15.6 Å². The minimum absolute atomic E-state index is 0.109. The van der Waals surface area contributed by atoms with Crippen LogP contribution in [0.5, 0.6) is 0 Å². The van der Waals surface area contributed by atoms with Crippen molar-refractivity contribution in [3.8, 4) is 0 Å². The van der Waals surface area contributed by atoms with E-state index >= 15 is 0 Å². The number of aliphatic hydroxyl groups is 1. The lowest BCUT2D eigenvalue weighted by molar-refractivity contribution is -0.161. The van der Waals surface area contributed by atoms with Crippen molar-refractivity contribution in [3.05, 3.63) is 0 Å². The van der Waals surface area contributed by atoms with Gasteiger partial charge in [-0.3, -0.25) is 37.3 Å². The molecule has 0 saturated carbocycles. The number of phosphoric ester groups is 2. The van der Waals surface area contributed by atoms with Crippen LogP contribution in [0.25, 0.3) is 0 Å². The number of rotatable bonds is 96. The highest BCUT2D eigenvalue weighted by Gasteiger charge is 2.31. The van der Waals surface area contributed by atoms with Crippen LogP contribution in [0.4, 0.5) is 0 Å². The molecule has 0 rings (SSSR count). The van der Waals surface area contributed by atoms with Crippen LogP contribution in [0.1, 0.15) is 530 Å². The molecule has 0 aromatic rings. The second-order valence-electron chi connectivity index (χ2n) is 36.1. The molecule has 7 atom stereocenters. The zero-order valence-electron chi connectivity index (χ0n) is 77.7. The number of unbranched alkanes of at least 4 members (excludes halogenated alkanes) is 62. The summed E-state index contributed by atoms with van der Waals surface area (Å²) >= 11 is 0. The quantitative estimate of drug-likeness (QED) is 0.0222. The van der Waals surface area contributed by atoms with Gasteiger partial charge in [0, 0.05) is 25.7 Å². The van der Waals surface area contributed by atoms with Gasteiger partial charge in [0.15, 0.2) is 12.2 Å². The standard InChI is InChI=1S/C98H192O17P2/c1-8-11-12-13-14-15-16-17-18-19-20-21-22-30-35-40-45-52-60-67-74-82-98(103)115-94(86-109-96(101)80-73-66-59-54-47-48-55-62-69-76-89(4)5)88-113-117(106,107)111-84-92(99)83-110-116(104,105)112-87-93(114-97(102)81-75-68-61-53-46-41-36-31-26-24-28-33-38-43-50-57-64-71-78-91(7)10-3)85-108-95(100)79-72-65-58-51-44-39-34-29-25-23-27-32-37-42-49-56-63-70-77-90(6)9-2/h89-94,99H,8-88H2,1-7H3,(H,104,105)(H,106,107)/t90?,91?,92-,93-,94-/m1/s1. The monoisotopic (exact) mass is 1700 g/mol. The molecule has 0 bridgehead atoms. The molecule has 3 N–H and O–H groups in total. The molecule has 0 aromatic carbocycles. The Kier molecular flexibility index (Phi) is 86.1. The number of ether oxygens (including phenoxy) is 4. The summed E-state index contributed by atoms with van der Waals surface area (Å²) in [5.41, 5.74) is 0. The number of carbonyl (C=O) groups is 4. The average molecular weight is 1700 g/mol. The fourth-order valence-electron chi connectivity index (χ4n) is 15.4. The maximum absolute atomic E-state index is 13.2. The first-order valence-electron chi connectivity index (χ1n) is 50.4. The Labute approximate surface area is 721 Å². The lowest BCUT2D eigenvalue weighted by atomic mass is 9.99. The third-order valence-corrected chi connectivity index (χ3v) is 25.8. The zero-order valence-corrected chi connectivity index (χ0v) is 79.5. The van der Waals surface area contributed by atoms with Gasteiger partial charge in [-0.1, -0.05) is 479 Å². The van der Waals surface area contributed by atoms with Crippen molar-refractivity contribution in [2.45, 2.75) is 548 Å². The van der Waals surface area contributed by atoms with E-state index in [1.807, 2.05) is 0 Å². The van der Waals surface area contributed by atoms with Gasteiger partial charge in [0.2, 0.25) is 0 Å². The van der Waals surface area contributed by atoms with Gasteiger partial charge in [-0.05, 0) is 43.4 Å². The molecule has 0 heterocycles. The summed E-state index contributed by atoms with van der Waals surface area (Å²) in [4.78, 5) is 73.6. The van der Waals surface area contributed by atoms with Gasteiger partial charge in [0.25, 0.3) is 0 Å². The lowest BCUT2D eigenvalue weighted by Gasteiger charge is -2.21. The van der Waals surface area contributed by atoms with Gasteiger partial charge in [-0.15, -0.1) is 0 Å². The molecule has 0 amide bonds. The Morgan fingerprint density at radius 1 is 0.248 bits per heavy atom. The Balaban J connectivity index is 5.24. The molecule has 696 valence electrons. The Hall–Kier alpha value is -1.94. The highest BCUT2D eigenvalue weighted by molar-refractivity contribution is 7.47. The van der Waals surface area contributed by atoms with Crippen LogP contribution in [-0.2, 0) is 65.4 Å². The largest absolute Gasteiger partial charge is 0.472 e. The molecule has 0 spiro atoms. The second kappa shape index (κ2) is 87.5. The van der Waals surface area contributed by atoms with Crippen LogP contribution in [-0.4, -0.2) is 96.7 Å². The van der Waals surface area contributed by atoms with E-state index in [1.54, 1.807) is 0 Å². The van der Waals surface area contributed by atoms with E-state index in [-0.39, 0.29) is 25.7 Å². The summed E-state index contributed by atoms with van der Waals surface area (Å²) in [6.07, 6.45) is 83.5. The molecule has 0 saturated heterocycles. The zero-order chi connectivity index (χ0) is 85.7. The molecule has 19 heteroatoms. The summed E-state index contributed by atoms with van der Waals surface area (Å²) in [6.45, 7) is 12.2. The smallest absolute Gasteiger partial charge is 0.462 e. The van der Waals surface area contributed by atoms with Crippen molar-refractivity contribution < 1.29 is 80.2 Å². The molecule has 0 aliphatic heterocycles. The number of hydrogen-bond acceptors (Lipinski definition) is 15. The third kappa shape index (κ3) is 88.7. The number of hydrogen-bond donors (Lipinski definition) is 3. The van der Waals surface area contributed by atoms with Gasteiger partial charge < -0.3 is 33.8 Å². The summed E-state index contributed by atoms with van der Waals surface area (Å²) in [6, 6.07) is 0. The van der Waals surface area contributed by atoms with Gasteiger partial charge in [0.05, 0.1) is 26.4 Å². The van der Waals surface area contributed by atoms with Crippen molar-refractivity contribution in [1.82, 2.24) is 0 Å². The van der Waals surface area contributed by atoms with Crippen molar-refractivity contribution >= 4 is 39.5 Å². The van der Waals surface area contributed by atoms with E-state index in [0.29, 0.717) is 25.7 Å². The number of phosphoric acid groups is 2. The molecule has 17 nitrogen and oxygen atoms in total. The molecular formula is C98H192O17P2. The molecule has 117 heavy (non-hydrogen) atoms.